The second-order valence-corrected chi connectivity index (χ2v) is 24.2. The number of oxazole rings is 2. The average molecular weight is 1120 g/mol. The maximum atomic E-state index is 13.6. The molecule has 4 saturated heterocycles. The van der Waals surface area contributed by atoms with Crippen LogP contribution in [0.15, 0.2) is 42.9 Å². The fourth-order valence-corrected chi connectivity index (χ4v) is 12.2. The van der Waals surface area contributed by atoms with Gasteiger partial charge in [-0.15, -0.1) is 12.4 Å². The molecule has 0 aliphatic carbocycles. The highest BCUT2D eigenvalue weighted by atomic mass is 35.7. The summed E-state index contributed by atoms with van der Waals surface area (Å²) in [5.74, 6) is -2.89. The molecule has 4 fully saturated rings. The lowest BCUT2D eigenvalue weighted by atomic mass is 9.86. The fraction of sp³-hybridized carbons (Fsp3) is 0.619. The number of ether oxygens (including phenoxy) is 2. The number of nitrogens with zero attached hydrogens (tertiary/aromatic N) is 5. The molecule has 2 spiro atoms. The Morgan fingerprint density at radius 3 is 1.41 bits per heavy atom. The summed E-state index contributed by atoms with van der Waals surface area (Å²) < 4.78 is 150. The minimum absolute atomic E-state index is 0. The Hall–Kier alpha value is -3.20. The topological polar surface area (TPSA) is 195 Å². The van der Waals surface area contributed by atoms with Crippen molar-refractivity contribution in [2.75, 3.05) is 65.7 Å². The van der Waals surface area contributed by atoms with E-state index in [4.69, 9.17) is 52.2 Å². The third-order valence-corrected chi connectivity index (χ3v) is 16.2. The fourth-order valence-electron chi connectivity index (χ4n) is 8.40. The van der Waals surface area contributed by atoms with E-state index in [9.17, 15) is 52.8 Å². The smallest absolute Gasteiger partial charge is 0.439 e. The van der Waals surface area contributed by atoms with Gasteiger partial charge in [0.2, 0.25) is 21.8 Å². The van der Waals surface area contributed by atoms with Crippen LogP contribution in [0.1, 0.15) is 79.0 Å². The van der Waals surface area contributed by atoms with Gasteiger partial charge in [-0.25, -0.2) is 26.8 Å². The number of benzene rings is 2. The number of amides is 2. The molecule has 2 aromatic carbocycles. The average Bonchev–Trinajstić information content (AvgIpc) is 3.89. The molecule has 4 aliphatic rings. The molecule has 2 aromatic heterocycles. The molecule has 0 atom stereocenters. The molecular formula is C42H52Cl4F6N6O10S2. The molecule has 4 aliphatic heterocycles. The minimum Gasteiger partial charge on any atom is -0.439 e. The van der Waals surface area contributed by atoms with Gasteiger partial charge in [0.15, 0.2) is 11.2 Å². The number of nitrogens with one attached hydrogen (secondary N) is 1. The van der Waals surface area contributed by atoms with Crippen molar-refractivity contribution in [1.82, 2.24) is 29.4 Å². The van der Waals surface area contributed by atoms with Crippen LogP contribution in [0.3, 0.4) is 0 Å². The second kappa shape index (κ2) is 21.0. The van der Waals surface area contributed by atoms with Crippen molar-refractivity contribution in [3.05, 3.63) is 46.1 Å². The molecule has 0 unspecified atom stereocenters. The number of carbonyl (C=O) groups is 2. The lowest BCUT2D eigenvalue weighted by Gasteiger charge is -2.50. The van der Waals surface area contributed by atoms with Gasteiger partial charge in [0.05, 0.1) is 47.6 Å². The highest BCUT2D eigenvalue weighted by Gasteiger charge is 2.54. The zero-order chi connectivity index (χ0) is 51.3. The van der Waals surface area contributed by atoms with E-state index in [0.717, 1.165) is 14.1 Å². The van der Waals surface area contributed by atoms with Gasteiger partial charge >= 0.3 is 24.2 Å². The van der Waals surface area contributed by atoms with Crippen molar-refractivity contribution < 1.29 is 71.1 Å². The van der Waals surface area contributed by atoms with E-state index >= 15 is 0 Å². The van der Waals surface area contributed by atoms with Crippen LogP contribution in [-0.2, 0) is 49.0 Å². The summed E-state index contributed by atoms with van der Waals surface area (Å²) in [6, 6.07) is 6.03. The molecule has 28 heteroatoms. The molecule has 16 nitrogen and oxygen atoms in total. The highest BCUT2D eigenvalue weighted by molar-refractivity contribution is 8.14. The Balaban J connectivity index is 0.000000214. The van der Waals surface area contributed by atoms with E-state index in [-0.39, 0.29) is 114 Å². The number of hydrogen-bond donors (Lipinski definition) is 1. The number of hydrogen-bond acceptors (Lipinski definition) is 13. The standard InChI is InChI=1S/C21H25ClF3N3O5S.C11H11Cl2NO3S.C10H15F3N2O2.ClH/c1-19(2,3)17-26-14-5-4-13(22)16(15(14)33-17)34(30,31)27-8-6-20(7-9-27)12-32-11-10-28(20)18(29)21(23,24)25;1-11(2,3)10-14-7-5-4-6(12)9(8(7)17-10)18(13,15)16;11-10(12,13)8(16)15-5-6-17-7-9(15)1-3-14-4-2-9;/h4-5H,6-12H2,1-3H3;4-5H,1-3H3;14H,1-7H2;1H. The number of piperidine rings is 2. The summed E-state index contributed by atoms with van der Waals surface area (Å²) in [5.41, 5.74) is -1.91. The molecule has 6 heterocycles. The van der Waals surface area contributed by atoms with Crippen molar-refractivity contribution in [2.45, 2.75) is 111 Å². The van der Waals surface area contributed by atoms with E-state index in [1.165, 1.54) is 12.1 Å². The maximum absolute atomic E-state index is 13.6. The van der Waals surface area contributed by atoms with Gasteiger partial charge in [-0.3, -0.25) is 9.59 Å². The van der Waals surface area contributed by atoms with Gasteiger partial charge in [0.25, 0.3) is 9.05 Å². The number of carbonyl (C=O) groups excluding carboxylic acids is 2. The van der Waals surface area contributed by atoms with Crippen LogP contribution in [0.5, 0.6) is 0 Å². The quantitative estimate of drug-likeness (QED) is 0.152. The Morgan fingerprint density at radius 1 is 0.643 bits per heavy atom. The summed E-state index contributed by atoms with van der Waals surface area (Å²) in [7, 11) is -2.79. The maximum Gasteiger partial charge on any atom is 0.471 e. The number of halogens is 10. The number of aromatic nitrogens is 2. The Bertz CT molecular complexity index is 2780. The number of alkyl halides is 6. The van der Waals surface area contributed by atoms with E-state index in [2.05, 4.69) is 15.3 Å². The first-order valence-electron chi connectivity index (χ1n) is 21.5. The molecule has 0 radical (unpaired) electrons. The lowest BCUT2D eigenvalue weighted by molar-refractivity contribution is -0.202. The van der Waals surface area contributed by atoms with Gasteiger partial charge in [-0.1, -0.05) is 64.7 Å². The highest BCUT2D eigenvalue weighted by Crippen LogP contribution is 2.41. The van der Waals surface area contributed by atoms with Gasteiger partial charge in [-0.2, -0.15) is 30.6 Å². The molecule has 392 valence electrons. The number of morpholine rings is 2. The van der Waals surface area contributed by atoms with Crippen LogP contribution in [0, 0.1) is 0 Å². The third-order valence-electron chi connectivity index (χ3n) is 12.0. The summed E-state index contributed by atoms with van der Waals surface area (Å²) in [6.45, 7) is 12.5. The van der Waals surface area contributed by atoms with E-state index in [1.54, 1.807) is 12.1 Å². The van der Waals surface area contributed by atoms with Gasteiger partial charge in [0, 0.05) is 47.7 Å². The van der Waals surface area contributed by atoms with Crippen LogP contribution in [-0.4, -0.2) is 142 Å². The Morgan fingerprint density at radius 2 is 1.03 bits per heavy atom. The molecule has 0 bridgehead atoms. The van der Waals surface area contributed by atoms with Crippen LogP contribution >= 0.6 is 46.3 Å². The summed E-state index contributed by atoms with van der Waals surface area (Å²) in [5, 5.41) is 3.06. The first-order chi connectivity index (χ1) is 31.7. The van der Waals surface area contributed by atoms with Crippen molar-refractivity contribution in [3.8, 4) is 0 Å². The number of fused-ring (bicyclic) bond motifs is 2. The summed E-state index contributed by atoms with van der Waals surface area (Å²) in [4.78, 5) is 33.4. The van der Waals surface area contributed by atoms with Crippen LogP contribution in [0.4, 0.5) is 26.3 Å². The molecule has 70 heavy (non-hydrogen) atoms. The van der Waals surface area contributed by atoms with Crippen molar-refractivity contribution >= 4 is 99.4 Å². The van der Waals surface area contributed by atoms with E-state index in [0.29, 0.717) is 48.7 Å². The van der Waals surface area contributed by atoms with E-state index in [1.807, 2.05) is 41.5 Å². The van der Waals surface area contributed by atoms with Crippen molar-refractivity contribution in [2.24, 2.45) is 0 Å². The van der Waals surface area contributed by atoms with Crippen LogP contribution in [0.25, 0.3) is 22.2 Å². The van der Waals surface area contributed by atoms with Crippen molar-refractivity contribution in [3.63, 3.8) is 0 Å². The number of rotatable bonds is 3. The zero-order valence-electron chi connectivity index (χ0n) is 38.7. The van der Waals surface area contributed by atoms with Gasteiger partial charge in [0.1, 0.15) is 20.8 Å². The molecular weight excluding hydrogens is 1070 g/mol. The van der Waals surface area contributed by atoms with Gasteiger partial charge in [-0.05, 0) is 63.0 Å². The molecule has 1 N–H and O–H groups in total. The van der Waals surface area contributed by atoms with E-state index < -0.39 is 59.7 Å². The third kappa shape index (κ3) is 12.2. The normalized spacial score (nSPS) is 19.3. The second-order valence-electron chi connectivity index (χ2n) is 19.0. The Kier molecular flexibility index (Phi) is 17.3. The van der Waals surface area contributed by atoms with Crippen LogP contribution in [0.2, 0.25) is 10.0 Å². The Labute approximate surface area is 420 Å². The lowest BCUT2D eigenvalue weighted by Crippen LogP contribution is -2.65. The molecule has 8 rings (SSSR count). The SMILES string of the molecule is CC(C)(C)c1nc2ccc(Cl)c(S(=O)(=O)Cl)c2o1.CC(C)(C)c1nc2ccc(Cl)c(S(=O)(=O)N3CCC4(CC3)COCCN4C(=O)C(F)(F)F)c2o1.Cl.O=C(N1CCOCC12CCNCC2)C(F)(F)F. The summed E-state index contributed by atoms with van der Waals surface area (Å²) in [6.07, 6.45) is -8.82. The van der Waals surface area contributed by atoms with Crippen molar-refractivity contribution in [1.29, 1.82) is 0 Å². The zero-order valence-corrected chi connectivity index (χ0v) is 43.4. The monoisotopic (exact) mass is 1120 g/mol. The molecule has 2 amide bonds. The minimum atomic E-state index is -5.02. The number of sulfonamides is 1. The molecule has 0 saturated carbocycles. The first kappa shape index (κ1) is 57.7. The van der Waals surface area contributed by atoms with Gasteiger partial charge < -0.3 is 33.4 Å². The predicted octanol–water partition coefficient (Wildman–Crippen LogP) is 8.38. The van der Waals surface area contributed by atoms with Crippen LogP contribution < -0.4 is 5.32 Å². The summed E-state index contributed by atoms with van der Waals surface area (Å²) >= 11 is 12.2. The first-order valence-corrected chi connectivity index (χ1v) is 26.0. The molecule has 4 aromatic rings. The predicted molar refractivity (Wildman–Crippen MR) is 248 cm³/mol. The largest absolute Gasteiger partial charge is 0.471 e.